The highest BCUT2D eigenvalue weighted by molar-refractivity contribution is 5.47. The van der Waals surface area contributed by atoms with Crippen molar-refractivity contribution in [1.29, 1.82) is 0 Å². The van der Waals surface area contributed by atoms with Crippen molar-refractivity contribution in [2.24, 2.45) is 0 Å². The summed E-state index contributed by atoms with van der Waals surface area (Å²) in [6, 6.07) is 9.48. The summed E-state index contributed by atoms with van der Waals surface area (Å²) in [5, 5.41) is 3.54. The van der Waals surface area contributed by atoms with Crippen LogP contribution in [0.1, 0.15) is 45.2 Å². The summed E-state index contributed by atoms with van der Waals surface area (Å²) in [6.07, 6.45) is 2.38. The van der Waals surface area contributed by atoms with Gasteiger partial charge in [0.05, 0.1) is 0 Å². The minimum absolute atomic E-state index is 0.433. The van der Waals surface area contributed by atoms with Gasteiger partial charge in [-0.05, 0) is 71.6 Å². The third-order valence-corrected chi connectivity index (χ3v) is 3.87. The van der Waals surface area contributed by atoms with Gasteiger partial charge >= 0.3 is 0 Å². The highest BCUT2D eigenvalue weighted by atomic mass is 15.1. The normalized spacial score (nSPS) is 12.7. The number of hydrogen-bond acceptors (Lipinski definition) is 3. The molecule has 0 fully saturated rings. The van der Waals surface area contributed by atoms with Crippen LogP contribution in [0.25, 0.3) is 0 Å². The first-order valence-electron chi connectivity index (χ1n) is 8.31. The van der Waals surface area contributed by atoms with Gasteiger partial charge in [0, 0.05) is 24.8 Å². The molecule has 0 saturated heterocycles. The summed E-state index contributed by atoms with van der Waals surface area (Å²) in [6.45, 7) is 11.1. The molecule has 0 aliphatic heterocycles. The van der Waals surface area contributed by atoms with Gasteiger partial charge < -0.3 is 15.1 Å². The van der Waals surface area contributed by atoms with E-state index in [0.29, 0.717) is 6.04 Å². The average Bonchev–Trinajstić information content (AvgIpc) is 2.49. The maximum atomic E-state index is 3.54. The molecule has 0 aromatic heterocycles. The lowest BCUT2D eigenvalue weighted by molar-refractivity contribution is 0.400. The molecule has 3 heteroatoms. The Morgan fingerprint density at radius 2 is 1.71 bits per heavy atom. The Kier molecular flexibility index (Phi) is 8.40. The zero-order valence-electron chi connectivity index (χ0n) is 14.5. The van der Waals surface area contributed by atoms with E-state index in [0.717, 1.165) is 26.2 Å². The fraction of sp³-hybridized carbons (Fsp3) is 0.667. The molecule has 1 atom stereocenters. The molecule has 1 N–H and O–H groups in total. The molecule has 0 heterocycles. The second-order valence-corrected chi connectivity index (χ2v) is 6.00. The van der Waals surface area contributed by atoms with E-state index in [1.54, 1.807) is 0 Å². The van der Waals surface area contributed by atoms with Crippen molar-refractivity contribution in [3.8, 4) is 0 Å². The molecule has 3 nitrogen and oxygen atoms in total. The highest BCUT2D eigenvalue weighted by Crippen LogP contribution is 2.19. The lowest BCUT2D eigenvalue weighted by Gasteiger charge is -2.24. The van der Waals surface area contributed by atoms with E-state index < -0.39 is 0 Å². The molecule has 1 aromatic carbocycles. The molecule has 120 valence electrons. The van der Waals surface area contributed by atoms with E-state index in [4.69, 9.17) is 0 Å². The highest BCUT2D eigenvalue weighted by Gasteiger charge is 2.07. The topological polar surface area (TPSA) is 18.5 Å². The number of nitrogens with zero attached hydrogens (tertiary/aromatic N) is 2. The standard InChI is InChI=1S/C18H33N3/c1-6-13-19-16(3)17-9-11-18(12-10-17)21(7-2)15-8-14-20(4)5/h9-12,16,19H,6-8,13-15H2,1-5H3. The van der Waals surface area contributed by atoms with Gasteiger partial charge in [0.25, 0.3) is 0 Å². The van der Waals surface area contributed by atoms with E-state index in [-0.39, 0.29) is 0 Å². The molecule has 1 aromatic rings. The van der Waals surface area contributed by atoms with Crippen LogP contribution in [0.3, 0.4) is 0 Å². The SMILES string of the molecule is CCCNC(C)c1ccc(N(CC)CCCN(C)C)cc1. The molecule has 0 saturated carbocycles. The molecule has 21 heavy (non-hydrogen) atoms. The molecule has 0 amide bonds. The smallest absolute Gasteiger partial charge is 0.0366 e. The number of benzene rings is 1. The molecular weight excluding hydrogens is 258 g/mol. The third kappa shape index (κ3) is 6.49. The maximum Gasteiger partial charge on any atom is 0.0366 e. The predicted octanol–water partition coefficient (Wildman–Crippen LogP) is 3.53. The van der Waals surface area contributed by atoms with Gasteiger partial charge in [-0.1, -0.05) is 19.1 Å². The molecule has 0 aliphatic carbocycles. The summed E-state index contributed by atoms with van der Waals surface area (Å²) in [5.41, 5.74) is 2.71. The van der Waals surface area contributed by atoms with Gasteiger partial charge in [-0.3, -0.25) is 0 Å². The van der Waals surface area contributed by atoms with Gasteiger partial charge in [0.2, 0.25) is 0 Å². The van der Waals surface area contributed by atoms with Crippen molar-refractivity contribution in [3.05, 3.63) is 29.8 Å². The Labute approximate surface area is 131 Å². The first kappa shape index (κ1) is 18.0. The van der Waals surface area contributed by atoms with Crippen molar-refractivity contribution in [2.75, 3.05) is 45.2 Å². The number of anilines is 1. The molecule has 0 bridgehead atoms. The van der Waals surface area contributed by atoms with Crippen LogP contribution in [0.4, 0.5) is 5.69 Å². The van der Waals surface area contributed by atoms with Gasteiger partial charge in [0.15, 0.2) is 0 Å². The van der Waals surface area contributed by atoms with Crippen molar-refractivity contribution < 1.29 is 0 Å². The van der Waals surface area contributed by atoms with E-state index >= 15 is 0 Å². The Morgan fingerprint density at radius 1 is 1.05 bits per heavy atom. The molecule has 1 rings (SSSR count). The van der Waals surface area contributed by atoms with Gasteiger partial charge in [0.1, 0.15) is 0 Å². The lowest BCUT2D eigenvalue weighted by Crippen LogP contribution is -2.27. The third-order valence-electron chi connectivity index (χ3n) is 3.87. The van der Waals surface area contributed by atoms with Crippen LogP contribution in [0, 0.1) is 0 Å². The Bertz CT molecular complexity index is 373. The number of rotatable bonds is 10. The molecule has 0 radical (unpaired) electrons. The number of nitrogens with one attached hydrogen (secondary N) is 1. The van der Waals surface area contributed by atoms with E-state index in [2.05, 4.69) is 74.2 Å². The van der Waals surface area contributed by atoms with Crippen LogP contribution in [0.5, 0.6) is 0 Å². The van der Waals surface area contributed by atoms with Crippen LogP contribution in [0.15, 0.2) is 24.3 Å². The van der Waals surface area contributed by atoms with Gasteiger partial charge in [-0.25, -0.2) is 0 Å². The van der Waals surface area contributed by atoms with Crippen LogP contribution >= 0.6 is 0 Å². The van der Waals surface area contributed by atoms with Crippen molar-refractivity contribution in [2.45, 2.75) is 39.7 Å². The van der Waals surface area contributed by atoms with Crippen LogP contribution < -0.4 is 10.2 Å². The molecular formula is C18H33N3. The largest absolute Gasteiger partial charge is 0.372 e. The van der Waals surface area contributed by atoms with Crippen LogP contribution in [0.2, 0.25) is 0 Å². The van der Waals surface area contributed by atoms with Gasteiger partial charge in [-0.2, -0.15) is 0 Å². The second-order valence-electron chi connectivity index (χ2n) is 6.00. The molecule has 1 unspecified atom stereocenters. The monoisotopic (exact) mass is 291 g/mol. The van der Waals surface area contributed by atoms with Crippen molar-refractivity contribution in [1.82, 2.24) is 10.2 Å². The van der Waals surface area contributed by atoms with Crippen molar-refractivity contribution in [3.63, 3.8) is 0 Å². The maximum absolute atomic E-state index is 3.54. The zero-order chi connectivity index (χ0) is 15.7. The molecule has 0 spiro atoms. The first-order chi connectivity index (χ1) is 10.1. The minimum Gasteiger partial charge on any atom is -0.372 e. The zero-order valence-corrected chi connectivity index (χ0v) is 14.5. The summed E-state index contributed by atoms with van der Waals surface area (Å²) in [5.74, 6) is 0. The van der Waals surface area contributed by atoms with E-state index in [9.17, 15) is 0 Å². The summed E-state index contributed by atoms with van der Waals surface area (Å²) in [7, 11) is 4.27. The summed E-state index contributed by atoms with van der Waals surface area (Å²) in [4.78, 5) is 4.70. The fourth-order valence-electron chi connectivity index (χ4n) is 2.50. The average molecular weight is 291 g/mol. The van der Waals surface area contributed by atoms with E-state index in [1.807, 2.05) is 0 Å². The Morgan fingerprint density at radius 3 is 2.24 bits per heavy atom. The summed E-state index contributed by atoms with van der Waals surface area (Å²) < 4.78 is 0. The van der Waals surface area contributed by atoms with Gasteiger partial charge in [-0.15, -0.1) is 0 Å². The quantitative estimate of drug-likeness (QED) is 0.711. The molecule has 0 aliphatic rings. The van der Waals surface area contributed by atoms with Crippen LogP contribution in [-0.4, -0.2) is 45.2 Å². The van der Waals surface area contributed by atoms with E-state index in [1.165, 1.54) is 24.1 Å². The fourth-order valence-corrected chi connectivity index (χ4v) is 2.50. The van der Waals surface area contributed by atoms with Crippen molar-refractivity contribution >= 4 is 5.69 Å². The Hall–Kier alpha value is -1.06. The first-order valence-corrected chi connectivity index (χ1v) is 8.31. The summed E-state index contributed by atoms with van der Waals surface area (Å²) >= 11 is 0. The van der Waals surface area contributed by atoms with Crippen LogP contribution in [-0.2, 0) is 0 Å². The Balaban J connectivity index is 2.57. The minimum atomic E-state index is 0.433. The second kappa shape index (κ2) is 9.80. The number of hydrogen-bond donors (Lipinski definition) is 1. The lowest BCUT2D eigenvalue weighted by atomic mass is 10.1. The predicted molar refractivity (Wildman–Crippen MR) is 94.2 cm³/mol.